The van der Waals surface area contributed by atoms with Gasteiger partial charge in [-0.1, -0.05) is 24.3 Å². The molecule has 0 aliphatic carbocycles. The minimum absolute atomic E-state index is 0.0240. The number of thioether (sulfide) groups is 1. The van der Waals surface area contributed by atoms with Gasteiger partial charge in [-0.05, 0) is 52.2 Å². The van der Waals surface area contributed by atoms with Crippen molar-refractivity contribution in [2.75, 3.05) is 29.9 Å². The Balaban J connectivity index is 1.34. The van der Waals surface area contributed by atoms with Gasteiger partial charge in [-0.2, -0.15) is 11.8 Å². The second kappa shape index (κ2) is 9.19. The summed E-state index contributed by atoms with van der Waals surface area (Å²) in [7, 11) is 0. The molecule has 1 saturated heterocycles. The summed E-state index contributed by atoms with van der Waals surface area (Å²) in [5.41, 5.74) is 5.06. The zero-order valence-electron chi connectivity index (χ0n) is 16.4. The topological polar surface area (TPSA) is 75.9 Å². The molecule has 1 amide bonds. The number of rotatable bonds is 6. The van der Waals surface area contributed by atoms with E-state index in [0.29, 0.717) is 6.42 Å². The number of nitrogens with one attached hydrogen (secondary N) is 1. The van der Waals surface area contributed by atoms with Crippen LogP contribution in [0.4, 0.5) is 5.69 Å². The van der Waals surface area contributed by atoms with Gasteiger partial charge in [0.05, 0.1) is 12.1 Å². The molecule has 1 fully saturated rings. The van der Waals surface area contributed by atoms with Crippen LogP contribution in [0.2, 0.25) is 0 Å². The highest BCUT2D eigenvalue weighted by Crippen LogP contribution is 2.20. The van der Waals surface area contributed by atoms with E-state index >= 15 is 0 Å². The lowest BCUT2D eigenvalue weighted by Gasteiger charge is -2.26. The van der Waals surface area contributed by atoms with Crippen LogP contribution in [0.5, 0.6) is 0 Å². The highest BCUT2D eigenvalue weighted by molar-refractivity contribution is 7.99. The maximum Gasteiger partial charge on any atom is 0.228 e. The summed E-state index contributed by atoms with van der Waals surface area (Å²) in [5, 5.41) is 14.2. The first-order chi connectivity index (χ1) is 14.2. The van der Waals surface area contributed by atoms with Gasteiger partial charge in [0, 0.05) is 36.8 Å². The van der Waals surface area contributed by atoms with E-state index in [1.165, 1.54) is 17.1 Å². The van der Waals surface area contributed by atoms with E-state index in [9.17, 15) is 4.79 Å². The molecule has 1 aliphatic rings. The van der Waals surface area contributed by atoms with Crippen molar-refractivity contribution in [3.05, 3.63) is 65.5 Å². The largest absolute Gasteiger partial charge is 0.326 e. The molecular weight excluding hydrogens is 384 g/mol. The number of carbonyl (C=O) groups excluding carboxylic acids is 1. The molecule has 7 nitrogen and oxygen atoms in total. The lowest BCUT2D eigenvalue weighted by molar-refractivity contribution is -0.115. The van der Waals surface area contributed by atoms with Gasteiger partial charge in [0.2, 0.25) is 5.91 Å². The third-order valence-electron chi connectivity index (χ3n) is 4.99. The van der Waals surface area contributed by atoms with Gasteiger partial charge in [0.25, 0.3) is 0 Å². The molecule has 1 aromatic heterocycles. The lowest BCUT2D eigenvalue weighted by atomic mass is 10.1. The number of hydrogen-bond donors (Lipinski definition) is 1. The molecule has 3 aromatic rings. The van der Waals surface area contributed by atoms with Crippen molar-refractivity contribution in [3.8, 4) is 5.69 Å². The molecule has 150 valence electrons. The van der Waals surface area contributed by atoms with Crippen LogP contribution in [0.15, 0.2) is 48.8 Å². The molecule has 0 bridgehead atoms. The Bertz CT molecular complexity index is 952. The summed E-state index contributed by atoms with van der Waals surface area (Å²) in [5.74, 6) is 2.40. The van der Waals surface area contributed by atoms with Gasteiger partial charge in [0.15, 0.2) is 0 Å². The van der Waals surface area contributed by atoms with Crippen LogP contribution in [0.1, 0.15) is 16.7 Å². The first-order valence-corrected chi connectivity index (χ1v) is 10.8. The lowest BCUT2D eigenvalue weighted by Crippen LogP contribution is -2.31. The predicted molar refractivity (Wildman–Crippen MR) is 115 cm³/mol. The zero-order chi connectivity index (χ0) is 20.1. The van der Waals surface area contributed by atoms with Crippen LogP contribution >= 0.6 is 11.8 Å². The molecule has 4 rings (SSSR count). The number of tetrazole rings is 1. The maximum atomic E-state index is 12.5. The normalized spacial score (nSPS) is 14.7. The number of aromatic nitrogens is 4. The van der Waals surface area contributed by atoms with Crippen molar-refractivity contribution in [1.29, 1.82) is 0 Å². The average Bonchev–Trinajstić information content (AvgIpc) is 3.26. The number of benzene rings is 2. The van der Waals surface area contributed by atoms with Gasteiger partial charge in [0.1, 0.15) is 6.33 Å². The molecule has 0 spiro atoms. The second-order valence-corrected chi connectivity index (χ2v) is 8.41. The van der Waals surface area contributed by atoms with E-state index < -0.39 is 0 Å². The van der Waals surface area contributed by atoms with Crippen molar-refractivity contribution in [1.82, 2.24) is 25.1 Å². The number of hydrogen-bond acceptors (Lipinski definition) is 6. The van der Waals surface area contributed by atoms with Crippen LogP contribution in [0, 0.1) is 6.92 Å². The van der Waals surface area contributed by atoms with E-state index in [4.69, 9.17) is 0 Å². The van der Waals surface area contributed by atoms with Gasteiger partial charge < -0.3 is 5.32 Å². The highest BCUT2D eigenvalue weighted by atomic mass is 32.2. The van der Waals surface area contributed by atoms with Gasteiger partial charge in [-0.25, -0.2) is 4.68 Å². The Morgan fingerprint density at radius 3 is 2.55 bits per heavy atom. The van der Waals surface area contributed by atoms with Crippen molar-refractivity contribution in [2.24, 2.45) is 0 Å². The Morgan fingerprint density at radius 2 is 1.86 bits per heavy atom. The van der Waals surface area contributed by atoms with E-state index in [1.807, 2.05) is 49.0 Å². The van der Waals surface area contributed by atoms with Crippen LogP contribution in [0.25, 0.3) is 5.69 Å². The van der Waals surface area contributed by atoms with Crippen LogP contribution in [0.3, 0.4) is 0 Å². The maximum absolute atomic E-state index is 12.5. The number of nitrogens with zero attached hydrogens (tertiary/aromatic N) is 5. The summed E-state index contributed by atoms with van der Waals surface area (Å²) >= 11 is 2.02. The molecule has 1 N–H and O–H groups in total. The average molecular weight is 409 g/mol. The SMILES string of the molecule is Cc1cc(CN2CCSCC2)ccc1NC(=O)Cc1ccc(-n2cnnn2)cc1. The molecule has 0 unspecified atom stereocenters. The predicted octanol–water partition coefficient (Wildman–Crippen LogP) is 2.70. The molecular formula is C21H24N6OS. The van der Waals surface area contributed by atoms with E-state index in [2.05, 4.69) is 37.9 Å². The number of carbonyl (C=O) groups is 1. The monoisotopic (exact) mass is 408 g/mol. The first kappa shape index (κ1) is 19.6. The third-order valence-corrected chi connectivity index (χ3v) is 5.93. The minimum Gasteiger partial charge on any atom is -0.326 e. The van der Waals surface area contributed by atoms with Crippen LogP contribution in [-0.4, -0.2) is 55.6 Å². The van der Waals surface area contributed by atoms with Crippen molar-refractivity contribution in [3.63, 3.8) is 0 Å². The quantitative estimate of drug-likeness (QED) is 0.676. The Labute approximate surface area is 174 Å². The van der Waals surface area contributed by atoms with Gasteiger partial charge in [-0.3, -0.25) is 9.69 Å². The highest BCUT2D eigenvalue weighted by Gasteiger charge is 2.12. The molecule has 8 heteroatoms. The summed E-state index contributed by atoms with van der Waals surface area (Å²) in [6.45, 7) is 5.32. The number of aryl methyl sites for hydroxylation is 1. The van der Waals surface area contributed by atoms with Crippen molar-refractivity contribution in [2.45, 2.75) is 19.9 Å². The third kappa shape index (κ3) is 5.21. The number of amides is 1. The van der Waals surface area contributed by atoms with Crippen LogP contribution < -0.4 is 5.32 Å². The van der Waals surface area contributed by atoms with Crippen LogP contribution in [-0.2, 0) is 17.8 Å². The molecule has 0 atom stereocenters. The smallest absolute Gasteiger partial charge is 0.228 e. The summed E-state index contributed by atoms with van der Waals surface area (Å²) in [4.78, 5) is 15.0. The Hall–Kier alpha value is -2.71. The second-order valence-electron chi connectivity index (χ2n) is 7.18. The van der Waals surface area contributed by atoms with Crippen molar-refractivity contribution >= 4 is 23.4 Å². The molecule has 1 aliphatic heterocycles. The van der Waals surface area contributed by atoms with E-state index in [0.717, 1.165) is 42.1 Å². The molecule has 0 saturated carbocycles. The first-order valence-electron chi connectivity index (χ1n) is 9.69. The fraction of sp³-hybridized carbons (Fsp3) is 0.333. The fourth-order valence-corrected chi connectivity index (χ4v) is 4.39. The number of anilines is 1. The van der Waals surface area contributed by atoms with E-state index in [-0.39, 0.29) is 5.91 Å². The van der Waals surface area contributed by atoms with Gasteiger partial charge in [-0.15, -0.1) is 5.10 Å². The van der Waals surface area contributed by atoms with Gasteiger partial charge >= 0.3 is 0 Å². The molecule has 0 radical (unpaired) electrons. The summed E-state index contributed by atoms with van der Waals surface area (Å²) < 4.78 is 1.58. The van der Waals surface area contributed by atoms with E-state index in [1.54, 1.807) is 11.0 Å². The standard InChI is InChI=1S/C21H24N6OS/c1-16-12-18(14-26-8-10-29-11-9-26)4-7-20(16)23-21(28)13-17-2-5-19(6-3-17)27-15-22-24-25-27/h2-7,12,15H,8-11,13-14H2,1H3,(H,23,28). The molecule has 2 heterocycles. The zero-order valence-corrected chi connectivity index (χ0v) is 17.2. The molecule has 2 aromatic carbocycles. The van der Waals surface area contributed by atoms with Crippen molar-refractivity contribution < 1.29 is 4.79 Å². The fourth-order valence-electron chi connectivity index (χ4n) is 3.41. The molecule has 29 heavy (non-hydrogen) atoms. The Kier molecular flexibility index (Phi) is 6.21. The minimum atomic E-state index is -0.0240. The Morgan fingerprint density at radius 1 is 1.10 bits per heavy atom. The summed E-state index contributed by atoms with van der Waals surface area (Å²) in [6, 6.07) is 14.0. The summed E-state index contributed by atoms with van der Waals surface area (Å²) in [6.07, 6.45) is 1.86.